The van der Waals surface area contributed by atoms with Gasteiger partial charge in [0.15, 0.2) is 0 Å². The quantitative estimate of drug-likeness (QED) is 0.532. The molecule has 2 heteroatoms. The Bertz CT molecular complexity index is 191. The van der Waals surface area contributed by atoms with Gasteiger partial charge in [0.2, 0.25) is 0 Å². The van der Waals surface area contributed by atoms with E-state index in [0.29, 0.717) is 6.04 Å². The number of hydrogen-bond donors (Lipinski definition) is 1. The summed E-state index contributed by atoms with van der Waals surface area (Å²) in [6, 6.07) is 0.633. The summed E-state index contributed by atoms with van der Waals surface area (Å²) in [6.07, 6.45) is 9.83. The van der Waals surface area contributed by atoms with E-state index >= 15 is 0 Å². The van der Waals surface area contributed by atoms with E-state index < -0.39 is 0 Å². The second-order valence-corrected chi connectivity index (χ2v) is 5.10. The maximum Gasteiger partial charge on any atom is 0.0243 e. The maximum absolute atomic E-state index is 5.88. The summed E-state index contributed by atoms with van der Waals surface area (Å²) >= 11 is 0. The zero-order valence-corrected chi connectivity index (χ0v) is 10.8. The van der Waals surface area contributed by atoms with Crippen molar-refractivity contribution in [3.63, 3.8) is 0 Å². The minimum atomic E-state index is 0.633. The van der Waals surface area contributed by atoms with E-state index in [4.69, 9.17) is 5.73 Å². The van der Waals surface area contributed by atoms with Crippen LogP contribution in [0.15, 0.2) is 12.7 Å². The SMILES string of the molecule is C=CCCCCCN1CCCC(C)C1CN. The van der Waals surface area contributed by atoms with Gasteiger partial charge in [0.05, 0.1) is 0 Å². The van der Waals surface area contributed by atoms with Crippen molar-refractivity contribution in [1.82, 2.24) is 4.90 Å². The molecular weight excluding hydrogens is 196 g/mol. The van der Waals surface area contributed by atoms with Gasteiger partial charge in [0.25, 0.3) is 0 Å². The number of nitrogens with zero attached hydrogens (tertiary/aromatic N) is 1. The first-order valence-electron chi connectivity index (χ1n) is 6.84. The minimum Gasteiger partial charge on any atom is -0.329 e. The van der Waals surface area contributed by atoms with E-state index in [2.05, 4.69) is 18.4 Å². The molecule has 94 valence electrons. The molecule has 0 aromatic carbocycles. The number of hydrogen-bond acceptors (Lipinski definition) is 2. The third kappa shape index (κ3) is 4.26. The Morgan fingerprint density at radius 1 is 1.38 bits per heavy atom. The molecule has 1 rings (SSSR count). The van der Waals surface area contributed by atoms with Gasteiger partial charge in [-0.05, 0) is 51.1 Å². The Labute approximate surface area is 101 Å². The van der Waals surface area contributed by atoms with Gasteiger partial charge in [0, 0.05) is 12.6 Å². The molecule has 0 amide bonds. The molecule has 16 heavy (non-hydrogen) atoms. The van der Waals surface area contributed by atoms with Crippen LogP contribution in [0.3, 0.4) is 0 Å². The third-order valence-corrected chi connectivity index (χ3v) is 3.83. The Morgan fingerprint density at radius 2 is 2.19 bits per heavy atom. The Balaban J connectivity index is 2.20. The van der Waals surface area contributed by atoms with Crippen LogP contribution in [-0.4, -0.2) is 30.6 Å². The highest BCUT2D eigenvalue weighted by atomic mass is 15.2. The molecule has 1 fully saturated rings. The molecule has 2 nitrogen and oxygen atoms in total. The monoisotopic (exact) mass is 224 g/mol. The fraction of sp³-hybridized carbons (Fsp3) is 0.857. The predicted octanol–water partition coefficient (Wildman–Crippen LogP) is 2.79. The number of piperidine rings is 1. The first kappa shape index (κ1) is 13.7. The molecule has 1 heterocycles. The predicted molar refractivity (Wildman–Crippen MR) is 71.5 cm³/mol. The molecule has 1 saturated heterocycles. The minimum absolute atomic E-state index is 0.633. The fourth-order valence-corrected chi connectivity index (χ4v) is 2.77. The van der Waals surface area contributed by atoms with Crippen LogP contribution in [-0.2, 0) is 0 Å². The van der Waals surface area contributed by atoms with Gasteiger partial charge in [-0.3, -0.25) is 4.90 Å². The summed E-state index contributed by atoms with van der Waals surface area (Å²) < 4.78 is 0. The molecule has 0 aromatic rings. The highest BCUT2D eigenvalue weighted by Gasteiger charge is 2.26. The van der Waals surface area contributed by atoms with Crippen LogP contribution in [0, 0.1) is 5.92 Å². The van der Waals surface area contributed by atoms with E-state index in [1.807, 2.05) is 6.08 Å². The second-order valence-electron chi connectivity index (χ2n) is 5.10. The molecule has 1 aliphatic heterocycles. The van der Waals surface area contributed by atoms with Crippen LogP contribution in [0.2, 0.25) is 0 Å². The van der Waals surface area contributed by atoms with E-state index in [-0.39, 0.29) is 0 Å². The Hall–Kier alpha value is -0.340. The first-order valence-corrected chi connectivity index (χ1v) is 6.84. The largest absolute Gasteiger partial charge is 0.329 e. The lowest BCUT2D eigenvalue weighted by Crippen LogP contribution is -2.48. The summed E-state index contributed by atoms with van der Waals surface area (Å²) in [4.78, 5) is 2.61. The third-order valence-electron chi connectivity index (χ3n) is 3.83. The van der Waals surface area contributed by atoms with Crippen LogP contribution >= 0.6 is 0 Å². The summed E-state index contributed by atoms with van der Waals surface area (Å²) in [6.45, 7) is 9.43. The van der Waals surface area contributed by atoms with Gasteiger partial charge in [-0.2, -0.15) is 0 Å². The smallest absolute Gasteiger partial charge is 0.0243 e. The lowest BCUT2D eigenvalue weighted by atomic mass is 9.90. The molecule has 0 aromatic heterocycles. The number of allylic oxidation sites excluding steroid dienone is 1. The van der Waals surface area contributed by atoms with Crippen LogP contribution < -0.4 is 5.73 Å². The average Bonchev–Trinajstić information content (AvgIpc) is 2.29. The van der Waals surface area contributed by atoms with Crippen molar-refractivity contribution in [3.8, 4) is 0 Å². The number of rotatable bonds is 7. The van der Waals surface area contributed by atoms with E-state index in [1.54, 1.807) is 0 Å². The van der Waals surface area contributed by atoms with Crippen molar-refractivity contribution in [1.29, 1.82) is 0 Å². The number of likely N-dealkylation sites (tertiary alicyclic amines) is 1. The van der Waals surface area contributed by atoms with Crippen LogP contribution in [0.1, 0.15) is 45.4 Å². The molecule has 0 aliphatic carbocycles. The van der Waals surface area contributed by atoms with Gasteiger partial charge in [-0.1, -0.05) is 19.4 Å². The van der Waals surface area contributed by atoms with Gasteiger partial charge >= 0.3 is 0 Å². The maximum atomic E-state index is 5.88. The molecule has 0 saturated carbocycles. The molecule has 2 N–H and O–H groups in total. The lowest BCUT2D eigenvalue weighted by molar-refractivity contribution is 0.104. The molecule has 0 spiro atoms. The highest BCUT2D eigenvalue weighted by Crippen LogP contribution is 2.22. The zero-order chi connectivity index (χ0) is 11.8. The number of nitrogens with two attached hydrogens (primary N) is 1. The molecule has 2 unspecified atom stereocenters. The van der Waals surface area contributed by atoms with Gasteiger partial charge in [0.1, 0.15) is 0 Å². The van der Waals surface area contributed by atoms with Crippen molar-refractivity contribution >= 4 is 0 Å². The van der Waals surface area contributed by atoms with Crippen molar-refractivity contribution in [2.45, 2.75) is 51.5 Å². The second kappa shape index (κ2) is 7.86. The number of unbranched alkanes of at least 4 members (excludes halogenated alkanes) is 3. The fourth-order valence-electron chi connectivity index (χ4n) is 2.77. The van der Waals surface area contributed by atoms with Crippen molar-refractivity contribution in [2.75, 3.05) is 19.6 Å². The first-order chi connectivity index (χ1) is 7.79. The van der Waals surface area contributed by atoms with E-state index in [1.165, 1.54) is 45.2 Å². The zero-order valence-electron chi connectivity index (χ0n) is 10.8. The van der Waals surface area contributed by atoms with Crippen molar-refractivity contribution < 1.29 is 0 Å². The van der Waals surface area contributed by atoms with Crippen molar-refractivity contribution in [3.05, 3.63) is 12.7 Å². The summed E-state index contributed by atoms with van der Waals surface area (Å²) in [7, 11) is 0. The van der Waals surface area contributed by atoms with Crippen molar-refractivity contribution in [2.24, 2.45) is 11.7 Å². The normalized spacial score (nSPS) is 26.9. The summed E-state index contributed by atoms with van der Waals surface area (Å²) in [5, 5.41) is 0. The summed E-state index contributed by atoms with van der Waals surface area (Å²) in [5.74, 6) is 0.784. The van der Waals surface area contributed by atoms with Crippen LogP contribution in [0.25, 0.3) is 0 Å². The highest BCUT2D eigenvalue weighted by molar-refractivity contribution is 4.82. The average molecular weight is 224 g/mol. The molecule has 2 atom stereocenters. The topological polar surface area (TPSA) is 29.3 Å². The van der Waals surface area contributed by atoms with E-state index in [9.17, 15) is 0 Å². The standard InChI is InChI=1S/C14H28N2/c1-3-4-5-6-7-10-16-11-8-9-13(2)14(16)12-15/h3,13-14H,1,4-12,15H2,2H3. The Kier molecular flexibility index (Phi) is 6.74. The molecular formula is C14H28N2. The van der Waals surface area contributed by atoms with Gasteiger partial charge in [-0.25, -0.2) is 0 Å². The van der Waals surface area contributed by atoms with Gasteiger partial charge in [-0.15, -0.1) is 6.58 Å². The summed E-state index contributed by atoms with van der Waals surface area (Å²) in [5.41, 5.74) is 5.88. The lowest BCUT2D eigenvalue weighted by Gasteiger charge is -2.39. The molecule has 0 radical (unpaired) electrons. The van der Waals surface area contributed by atoms with Crippen LogP contribution in [0.4, 0.5) is 0 Å². The van der Waals surface area contributed by atoms with Crippen LogP contribution in [0.5, 0.6) is 0 Å². The molecule has 1 aliphatic rings. The molecule has 0 bridgehead atoms. The van der Waals surface area contributed by atoms with Gasteiger partial charge < -0.3 is 5.73 Å². The Morgan fingerprint density at radius 3 is 2.88 bits per heavy atom. The van der Waals surface area contributed by atoms with E-state index in [0.717, 1.165) is 18.9 Å².